The van der Waals surface area contributed by atoms with Crippen molar-refractivity contribution < 1.29 is 9.53 Å². The Morgan fingerprint density at radius 2 is 2.00 bits per heavy atom. The number of nitrogens with one attached hydrogen (secondary N) is 1. The average molecular weight is 302 g/mol. The fraction of sp³-hybridized carbons (Fsp3) is 0.375. The molecule has 1 aromatic heterocycles. The monoisotopic (exact) mass is 302 g/mol. The van der Waals surface area contributed by atoms with Gasteiger partial charge in [0.2, 0.25) is 5.91 Å². The molecule has 1 aliphatic heterocycles. The fourth-order valence-corrected chi connectivity index (χ4v) is 3.05. The Hall–Kier alpha value is -1.72. The van der Waals surface area contributed by atoms with Gasteiger partial charge >= 0.3 is 0 Å². The van der Waals surface area contributed by atoms with E-state index in [2.05, 4.69) is 10.3 Å². The van der Waals surface area contributed by atoms with E-state index in [9.17, 15) is 4.79 Å². The first-order valence-electron chi connectivity index (χ1n) is 7.13. The van der Waals surface area contributed by atoms with Crippen LogP contribution in [0.5, 0.6) is 0 Å². The summed E-state index contributed by atoms with van der Waals surface area (Å²) in [6.07, 6.45) is 1.62. The van der Waals surface area contributed by atoms with Crippen molar-refractivity contribution in [1.29, 1.82) is 0 Å². The molecular formula is C16H18N2O2S. The van der Waals surface area contributed by atoms with Gasteiger partial charge in [-0.3, -0.25) is 4.79 Å². The first-order valence-corrected chi connectivity index (χ1v) is 8.01. The average Bonchev–Trinajstić information content (AvgIpc) is 2.95. The molecular weight excluding hydrogens is 284 g/mol. The lowest BCUT2D eigenvalue weighted by Gasteiger charge is -2.21. The van der Waals surface area contributed by atoms with E-state index in [0.29, 0.717) is 13.2 Å². The van der Waals surface area contributed by atoms with Gasteiger partial charge in [0.15, 0.2) is 0 Å². The van der Waals surface area contributed by atoms with Gasteiger partial charge < -0.3 is 10.1 Å². The molecule has 1 amide bonds. The second-order valence-corrected chi connectivity index (χ2v) is 6.27. The molecule has 0 radical (unpaired) electrons. The Balaban J connectivity index is 1.65. The maximum absolute atomic E-state index is 12.1. The molecule has 0 unspecified atom stereocenters. The summed E-state index contributed by atoms with van der Waals surface area (Å²) in [6.45, 7) is 3.36. The van der Waals surface area contributed by atoms with Crippen LogP contribution in [-0.2, 0) is 9.53 Å². The molecule has 3 rings (SSSR count). The van der Waals surface area contributed by atoms with Crippen molar-refractivity contribution in [3.05, 3.63) is 34.7 Å². The van der Waals surface area contributed by atoms with E-state index >= 15 is 0 Å². The molecule has 21 heavy (non-hydrogen) atoms. The molecule has 1 N–H and O–H groups in total. The number of ether oxygens (including phenoxy) is 1. The number of carbonyl (C=O) groups excluding carboxylic acids is 1. The summed E-state index contributed by atoms with van der Waals surface area (Å²) in [5.41, 5.74) is 2.89. The zero-order valence-corrected chi connectivity index (χ0v) is 12.8. The minimum absolute atomic E-state index is 0.0691. The molecule has 0 saturated carbocycles. The summed E-state index contributed by atoms with van der Waals surface area (Å²) < 4.78 is 5.28. The van der Waals surface area contributed by atoms with Crippen molar-refractivity contribution in [2.45, 2.75) is 19.8 Å². The van der Waals surface area contributed by atoms with Gasteiger partial charge in [0.25, 0.3) is 0 Å². The van der Waals surface area contributed by atoms with Crippen molar-refractivity contribution >= 4 is 22.9 Å². The predicted molar refractivity (Wildman–Crippen MR) is 84.5 cm³/mol. The number of aromatic nitrogens is 1. The molecule has 110 valence electrons. The highest BCUT2D eigenvalue weighted by Crippen LogP contribution is 2.24. The Morgan fingerprint density at radius 1 is 1.29 bits per heavy atom. The molecule has 4 nitrogen and oxygen atoms in total. The molecule has 1 fully saturated rings. The third-order valence-corrected chi connectivity index (χ3v) is 4.43. The molecule has 2 heterocycles. The molecule has 1 aromatic carbocycles. The minimum atomic E-state index is 0.0691. The van der Waals surface area contributed by atoms with E-state index < -0.39 is 0 Å². The van der Waals surface area contributed by atoms with Crippen LogP contribution in [-0.4, -0.2) is 24.1 Å². The maximum Gasteiger partial charge on any atom is 0.227 e. The second-order valence-electron chi connectivity index (χ2n) is 5.21. The highest BCUT2D eigenvalue weighted by atomic mass is 32.1. The lowest BCUT2D eigenvalue weighted by atomic mass is 9.99. The van der Waals surface area contributed by atoms with Crippen molar-refractivity contribution in [2.24, 2.45) is 5.92 Å². The van der Waals surface area contributed by atoms with Crippen LogP contribution in [0.3, 0.4) is 0 Å². The third-order valence-electron chi connectivity index (χ3n) is 3.66. The number of rotatable bonds is 3. The van der Waals surface area contributed by atoms with Gasteiger partial charge in [-0.15, -0.1) is 11.3 Å². The largest absolute Gasteiger partial charge is 0.381 e. The van der Waals surface area contributed by atoms with Crippen molar-refractivity contribution in [1.82, 2.24) is 4.98 Å². The van der Waals surface area contributed by atoms with Crippen LogP contribution in [0, 0.1) is 12.8 Å². The predicted octanol–water partition coefficient (Wildman–Crippen LogP) is 3.48. The smallest absolute Gasteiger partial charge is 0.227 e. The Kier molecular flexibility index (Phi) is 4.31. The van der Waals surface area contributed by atoms with E-state index in [1.165, 1.54) is 0 Å². The summed E-state index contributed by atoms with van der Waals surface area (Å²) in [4.78, 5) is 16.6. The zero-order chi connectivity index (χ0) is 14.7. The summed E-state index contributed by atoms with van der Waals surface area (Å²) in [5.74, 6) is 0.162. The minimum Gasteiger partial charge on any atom is -0.381 e. The SMILES string of the molecule is Cc1nc(-c2ccc(NC(=O)C3CCOCC3)cc2)cs1. The van der Waals surface area contributed by atoms with Gasteiger partial charge in [-0.2, -0.15) is 0 Å². The second kappa shape index (κ2) is 6.37. The number of hydrogen-bond donors (Lipinski definition) is 1. The fourth-order valence-electron chi connectivity index (χ4n) is 2.42. The van der Waals surface area contributed by atoms with E-state index in [-0.39, 0.29) is 11.8 Å². The molecule has 0 aliphatic carbocycles. The highest BCUT2D eigenvalue weighted by Gasteiger charge is 2.21. The van der Waals surface area contributed by atoms with Crippen LogP contribution in [0.2, 0.25) is 0 Å². The first-order chi connectivity index (χ1) is 10.2. The quantitative estimate of drug-likeness (QED) is 0.944. The number of hydrogen-bond acceptors (Lipinski definition) is 4. The van der Waals surface area contributed by atoms with Gasteiger partial charge in [0.05, 0.1) is 10.7 Å². The van der Waals surface area contributed by atoms with Gasteiger partial charge in [0.1, 0.15) is 0 Å². The lowest BCUT2D eigenvalue weighted by molar-refractivity contribution is -0.122. The van der Waals surface area contributed by atoms with Crippen molar-refractivity contribution in [3.63, 3.8) is 0 Å². The molecule has 1 saturated heterocycles. The van der Waals surface area contributed by atoms with E-state index in [1.807, 2.05) is 36.6 Å². The number of carbonyl (C=O) groups is 1. The summed E-state index contributed by atoms with van der Waals surface area (Å²) in [6, 6.07) is 7.85. The number of anilines is 1. The number of aryl methyl sites for hydroxylation is 1. The van der Waals surface area contributed by atoms with Crippen molar-refractivity contribution in [3.8, 4) is 11.3 Å². The van der Waals surface area contributed by atoms with Crippen LogP contribution in [0.15, 0.2) is 29.6 Å². The Labute approximate surface area is 128 Å². The lowest BCUT2D eigenvalue weighted by Crippen LogP contribution is -2.28. The summed E-state index contributed by atoms with van der Waals surface area (Å²) in [7, 11) is 0. The van der Waals surface area contributed by atoms with Crippen LogP contribution in [0.25, 0.3) is 11.3 Å². The summed E-state index contributed by atoms with van der Waals surface area (Å²) >= 11 is 1.64. The Bertz CT molecular complexity index is 615. The zero-order valence-electron chi connectivity index (χ0n) is 12.0. The molecule has 1 aliphatic rings. The standard InChI is InChI=1S/C16H18N2O2S/c1-11-17-15(10-21-11)12-2-4-14(5-3-12)18-16(19)13-6-8-20-9-7-13/h2-5,10,13H,6-9H2,1H3,(H,18,19). The van der Waals surface area contributed by atoms with E-state index in [4.69, 9.17) is 4.74 Å². The highest BCUT2D eigenvalue weighted by molar-refractivity contribution is 7.09. The molecule has 2 aromatic rings. The number of thiazole rings is 1. The number of benzene rings is 1. The van der Waals surface area contributed by atoms with Gasteiger partial charge in [0, 0.05) is 35.8 Å². The molecule has 0 atom stereocenters. The molecule has 5 heteroatoms. The first kappa shape index (κ1) is 14.2. The molecule has 0 bridgehead atoms. The number of amides is 1. The maximum atomic E-state index is 12.1. The van der Waals surface area contributed by atoms with E-state index in [1.54, 1.807) is 11.3 Å². The Morgan fingerprint density at radius 3 is 2.62 bits per heavy atom. The van der Waals surface area contributed by atoms with Gasteiger partial charge in [-0.05, 0) is 31.9 Å². The van der Waals surface area contributed by atoms with Crippen LogP contribution < -0.4 is 5.32 Å². The molecule has 0 spiro atoms. The summed E-state index contributed by atoms with van der Waals surface area (Å²) in [5, 5.41) is 6.09. The van der Waals surface area contributed by atoms with Gasteiger partial charge in [-0.25, -0.2) is 4.98 Å². The normalized spacial score (nSPS) is 15.9. The van der Waals surface area contributed by atoms with Crippen LogP contribution in [0.4, 0.5) is 5.69 Å². The third kappa shape index (κ3) is 3.49. The van der Waals surface area contributed by atoms with Crippen LogP contribution in [0.1, 0.15) is 17.8 Å². The number of nitrogens with zero attached hydrogens (tertiary/aromatic N) is 1. The van der Waals surface area contributed by atoms with E-state index in [0.717, 1.165) is 34.8 Å². The topological polar surface area (TPSA) is 51.2 Å². The van der Waals surface area contributed by atoms with Crippen LogP contribution >= 0.6 is 11.3 Å². The van der Waals surface area contributed by atoms with Gasteiger partial charge in [-0.1, -0.05) is 12.1 Å². The van der Waals surface area contributed by atoms with Crippen molar-refractivity contribution in [2.75, 3.05) is 18.5 Å².